The van der Waals surface area contributed by atoms with Crippen molar-refractivity contribution in [2.75, 3.05) is 0 Å². The summed E-state index contributed by atoms with van der Waals surface area (Å²) in [6.45, 7) is 5.88. The topological polar surface area (TPSA) is 20.2 Å². The third-order valence-corrected chi connectivity index (χ3v) is 3.15. The highest BCUT2D eigenvalue weighted by atomic mass is 19.1. The Morgan fingerprint density at radius 1 is 1.18 bits per heavy atom. The first kappa shape index (κ1) is 14.2. The molecule has 1 rings (SSSR count). The molecular weight excluding hydrogens is 215 g/mol. The molecule has 2 heteroatoms. The quantitative estimate of drug-likeness (QED) is 0.726. The lowest BCUT2D eigenvalue weighted by atomic mass is 9.96. The Morgan fingerprint density at radius 3 is 2.47 bits per heavy atom. The Bertz CT molecular complexity index is 337. The lowest BCUT2D eigenvalue weighted by Gasteiger charge is -2.15. The molecule has 0 aliphatic carbocycles. The van der Waals surface area contributed by atoms with Crippen molar-refractivity contribution in [3.8, 4) is 0 Å². The van der Waals surface area contributed by atoms with Crippen molar-refractivity contribution in [1.82, 2.24) is 0 Å². The molecule has 1 nitrogen and oxygen atoms in total. The van der Waals surface area contributed by atoms with Gasteiger partial charge in [0.25, 0.3) is 0 Å². The van der Waals surface area contributed by atoms with Gasteiger partial charge in [-0.1, -0.05) is 38.7 Å². The molecule has 0 amide bonds. The van der Waals surface area contributed by atoms with Crippen LogP contribution in [-0.2, 0) is 0 Å². The van der Waals surface area contributed by atoms with Gasteiger partial charge in [0, 0.05) is 5.56 Å². The van der Waals surface area contributed by atoms with Gasteiger partial charge in [0.15, 0.2) is 0 Å². The number of aliphatic hydroxyl groups excluding tert-OH is 1. The molecule has 0 radical (unpaired) electrons. The average molecular weight is 238 g/mol. The van der Waals surface area contributed by atoms with Gasteiger partial charge in [-0.3, -0.25) is 0 Å². The van der Waals surface area contributed by atoms with Crippen LogP contribution in [0.3, 0.4) is 0 Å². The first-order valence-electron chi connectivity index (χ1n) is 6.51. The van der Waals surface area contributed by atoms with Crippen LogP contribution in [0.5, 0.6) is 0 Å². The van der Waals surface area contributed by atoms with Crippen LogP contribution in [-0.4, -0.2) is 5.11 Å². The number of benzene rings is 1. The Kier molecular flexibility index (Phi) is 5.63. The van der Waals surface area contributed by atoms with Crippen molar-refractivity contribution < 1.29 is 9.50 Å². The highest BCUT2D eigenvalue weighted by Crippen LogP contribution is 2.26. The molecule has 0 saturated carbocycles. The average Bonchev–Trinajstić information content (AvgIpc) is 2.23. The lowest BCUT2D eigenvalue weighted by molar-refractivity contribution is 0.158. The van der Waals surface area contributed by atoms with Crippen molar-refractivity contribution in [3.05, 3.63) is 34.6 Å². The van der Waals surface area contributed by atoms with Gasteiger partial charge in [-0.25, -0.2) is 4.39 Å². The van der Waals surface area contributed by atoms with Crippen molar-refractivity contribution in [3.63, 3.8) is 0 Å². The summed E-state index contributed by atoms with van der Waals surface area (Å²) in [4.78, 5) is 0. The van der Waals surface area contributed by atoms with Gasteiger partial charge in [0.2, 0.25) is 0 Å². The standard InChI is InChI=1S/C15H23FO/c1-4-5-6-7-8-14(17)15-12(3)9-11(2)10-13(15)16/h9-10,14,17H,4-8H2,1-3H3. The second kappa shape index (κ2) is 6.75. The van der Waals surface area contributed by atoms with E-state index in [9.17, 15) is 9.50 Å². The molecule has 1 N–H and O–H groups in total. The minimum Gasteiger partial charge on any atom is -0.388 e. The summed E-state index contributed by atoms with van der Waals surface area (Å²) in [5.41, 5.74) is 2.24. The summed E-state index contributed by atoms with van der Waals surface area (Å²) in [5.74, 6) is -0.273. The van der Waals surface area contributed by atoms with Crippen molar-refractivity contribution in [1.29, 1.82) is 0 Å². The highest BCUT2D eigenvalue weighted by Gasteiger charge is 2.15. The Labute approximate surface area is 104 Å². The third-order valence-electron chi connectivity index (χ3n) is 3.15. The first-order valence-corrected chi connectivity index (χ1v) is 6.51. The normalized spacial score (nSPS) is 12.8. The molecular formula is C15H23FO. The fourth-order valence-corrected chi connectivity index (χ4v) is 2.26. The van der Waals surface area contributed by atoms with E-state index in [1.165, 1.54) is 18.9 Å². The first-order chi connectivity index (χ1) is 8.06. The van der Waals surface area contributed by atoms with Crippen LogP contribution in [0.25, 0.3) is 0 Å². The zero-order valence-corrected chi connectivity index (χ0v) is 11.1. The van der Waals surface area contributed by atoms with Gasteiger partial charge in [-0.2, -0.15) is 0 Å². The molecule has 1 atom stereocenters. The molecule has 0 aromatic heterocycles. The molecule has 96 valence electrons. The molecule has 0 heterocycles. The second-order valence-electron chi connectivity index (χ2n) is 4.84. The molecule has 0 fully saturated rings. The maximum Gasteiger partial charge on any atom is 0.129 e. The number of halogens is 1. The predicted octanol–water partition coefficient (Wildman–Crippen LogP) is 4.45. The van der Waals surface area contributed by atoms with E-state index in [2.05, 4.69) is 6.92 Å². The molecule has 0 spiro atoms. The SMILES string of the molecule is CCCCCCC(O)c1c(C)cc(C)cc1F. The van der Waals surface area contributed by atoms with Crippen LogP contribution in [0.4, 0.5) is 4.39 Å². The van der Waals surface area contributed by atoms with Gasteiger partial charge in [0.05, 0.1) is 6.10 Å². The molecule has 1 aromatic rings. The van der Waals surface area contributed by atoms with Crippen LogP contribution in [0.15, 0.2) is 12.1 Å². The van der Waals surface area contributed by atoms with Crippen LogP contribution < -0.4 is 0 Å². The highest BCUT2D eigenvalue weighted by molar-refractivity contribution is 5.33. The smallest absolute Gasteiger partial charge is 0.129 e. The summed E-state index contributed by atoms with van der Waals surface area (Å²) >= 11 is 0. The van der Waals surface area contributed by atoms with E-state index < -0.39 is 6.10 Å². The van der Waals surface area contributed by atoms with Crippen molar-refractivity contribution >= 4 is 0 Å². The summed E-state index contributed by atoms with van der Waals surface area (Å²) < 4.78 is 13.8. The number of aliphatic hydroxyl groups is 1. The number of unbranched alkanes of at least 4 members (excludes halogenated alkanes) is 3. The van der Waals surface area contributed by atoms with E-state index in [0.717, 1.165) is 24.0 Å². The maximum atomic E-state index is 13.8. The molecule has 0 saturated heterocycles. The summed E-state index contributed by atoms with van der Waals surface area (Å²) in [7, 11) is 0. The van der Waals surface area contributed by atoms with E-state index in [4.69, 9.17) is 0 Å². The van der Waals surface area contributed by atoms with Gasteiger partial charge in [-0.05, 0) is 37.5 Å². The summed E-state index contributed by atoms with van der Waals surface area (Å²) in [5, 5.41) is 10.0. The zero-order chi connectivity index (χ0) is 12.8. The molecule has 0 aliphatic rings. The summed E-state index contributed by atoms with van der Waals surface area (Å²) in [6, 6.07) is 3.42. The summed E-state index contributed by atoms with van der Waals surface area (Å²) in [6.07, 6.45) is 4.42. The van der Waals surface area contributed by atoms with Crippen LogP contribution >= 0.6 is 0 Å². The largest absolute Gasteiger partial charge is 0.388 e. The molecule has 0 aliphatic heterocycles. The van der Waals surface area contributed by atoms with Crippen molar-refractivity contribution in [2.45, 2.75) is 59.0 Å². The van der Waals surface area contributed by atoms with Crippen molar-refractivity contribution in [2.24, 2.45) is 0 Å². The molecule has 1 unspecified atom stereocenters. The number of rotatable bonds is 6. The zero-order valence-electron chi connectivity index (χ0n) is 11.1. The minimum atomic E-state index is -0.660. The predicted molar refractivity (Wildman–Crippen MR) is 69.6 cm³/mol. The lowest BCUT2D eigenvalue weighted by Crippen LogP contribution is -2.04. The van der Waals surface area contributed by atoms with Gasteiger partial charge >= 0.3 is 0 Å². The second-order valence-corrected chi connectivity index (χ2v) is 4.84. The van der Waals surface area contributed by atoms with E-state index in [1.54, 1.807) is 0 Å². The van der Waals surface area contributed by atoms with Gasteiger partial charge < -0.3 is 5.11 Å². The van der Waals surface area contributed by atoms with Crippen LogP contribution in [0.2, 0.25) is 0 Å². The van der Waals surface area contributed by atoms with Crippen LogP contribution in [0, 0.1) is 19.7 Å². The minimum absolute atomic E-state index is 0.273. The maximum absolute atomic E-state index is 13.8. The van der Waals surface area contributed by atoms with E-state index >= 15 is 0 Å². The molecule has 1 aromatic carbocycles. The Morgan fingerprint density at radius 2 is 1.88 bits per heavy atom. The van der Waals surface area contributed by atoms with Crippen LogP contribution in [0.1, 0.15) is 61.8 Å². The number of hydrogen-bond acceptors (Lipinski definition) is 1. The Balaban J connectivity index is 2.65. The number of aryl methyl sites for hydroxylation is 2. The fourth-order valence-electron chi connectivity index (χ4n) is 2.26. The molecule has 17 heavy (non-hydrogen) atoms. The molecule has 0 bridgehead atoms. The fraction of sp³-hybridized carbons (Fsp3) is 0.600. The van der Waals surface area contributed by atoms with Gasteiger partial charge in [0.1, 0.15) is 5.82 Å². The van der Waals surface area contributed by atoms with E-state index in [-0.39, 0.29) is 5.82 Å². The number of hydrogen-bond donors (Lipinski definition) is 1. The van der Waals surface area contributed by atoms with E-state index in [0.29, 0.717) is 12.0 Å². The Hall–Kier alpha value is -0.890. The van der Waals surface area contributed by atoms with E-state index in [1.807, 2.05) is 19.9 Å². The van der Waals surface area contributed by atoms with Gasteiger partial charge in [-0.15, -0.1) is 0 Å². The third kappa shape index (κ3) is 4.12. The monoisotopic (exact) mass is 238 g/mol.